The molecule has 0 fully saturated rings. The number of nitrogens with one attached hydrogen (secondary N) is 2. The fraction of sp³-hybridized carbons (Fsp3) is 0.389. The Balaban J connectivity index is 3.24. The van der Waals surface area contributed by atoms with E-state index in [1.807, 2.05) is 18.2 Å². The summed E-state index contributed by atoms with van der Waals surface area (Å²) >= 11 is 0. The predicted molar refractivity (Wildman–Crippen MR) is 99.8 cm³/mol. The molecular formula is C18H25N5O. The molecule has 6 heteroatoms. The number of rotatable bonds is 8. The number of likely N-dealkylation sites (N-methyl/N-ethyl adjacent to an activating group) is 1. The van der Waals surface area contributed by atoms with Crippen LogP contribution in [0.5, 0.6) is 0 Å². The SMILES string of the molecule is C#CNC1=NON(C)C1/N=C(CC(C)=N)/C(/C=C\CC)=C/CC=C. The highest BCUT2D eigenvalue weighted by molar-refractivity contribution is 6.13. The largest absolute Gasteiger partial charge is 0.310 e. The number of hydroxylamine groups is 2. The summed E-state index contributed by atoms with van der Waals surface area (Å²) in [5.41, 5.74) is 2.26. The van der Waals surface area contributed by atoms with E-state index in [0.717, 1.165) is 24.1 Å². The first-order valence-electron chi connectivity index (χ1n) is 7.81. The second-order valence-corrected chi connectivity index (χ2v) is 5.27. The molecular weight excluding hydrogens is 302 g/mol. The van der Waals surface area contributed by atoms with E-state index in [0.29, 0.717) is 18.0 Å². The lowest BCUT2D eigenvalue weighted by atomic mass is 10.0. The molecule has 0 aromatic heterocycles. The number of amidine groups is 1. The molecule has 0 aromatic rings. The zero-order valence-corrected chi connectivity index (χ0v) is 14.5. The molecule has 0 saturated heterocycles. The van der Waals surface area contributed by atoms with Gasteiger partial charge >= 0.3 is 0 Å². The van der Waals surface area contributed by atoms with Crippen LogP contribution in [-0.2, 0) is 4.94 Å². The molecule has 0 bridgehead atoms. The van der Waals surface area contributed by atoms with Gasteiger partial charge in [0.05, 0.1) is 0 Å². The van der Waals surface area contributed by atoms with Crippen LogP contribution in [0.2, 0.25) is 0 Å². The molecule has 1 rings (SSSR count). The van der Waals surface area contributed by atoms with Gasteiger partial charge in [0.1, 0.15) is 0 Å². The zero-order valence-electron chi connectivity index (χ0n) is 14.5. The molecule has 1 atom stereocenters. The summed E-state index contributed by atoms with van der Waals surface area (Å²) in [5.74, 6) is 0.447. The van der Waals surface area contributed by atoms with Crippen LogP contribution in [0.3, 0.4) is 0 Å². The molecule has 1 aliphatic heterocycles. The van der Waals surface area contributed by atoms with Crippen LogP contribution in [0.15, 0.2) is 46.6 Å². The first-order chi connectivity index (χ1) is 11.5. The van der Waals surface area contributed by atoms with Gasteiger partial charge in [-0.15, -0.1) is 6.58 Å². The van der Waals surface area contributed by atoms with Crippen molar-refractivity contribution in [1.82, 2.24) is 10.4 Å². The van der Waals surface area contributed by atoms with Crippen LogP contribution in [0.4, 0.5) is 0 Å². The number of oxime groups is 1. The van der Waals surface area contributed by atoms with Crippen LogP contribution in [0.1, 0.15) is 33.1 Å². The van der Waals surface area contributed by atoms with Crippen LogP contribution >= 0.6 is 0 Å². The fourth-order valence-electron chi connectivity index (χ4n) is 2.03. The third-order valence-electron chi connectivity index (χ3n) is 3.14. The van der Waals surface area contributed by atoms with Crippen molar-refractivity contribution in [2.75, 3.05) is 7.05 Å². The smallest absolute Gasteiger partial charge is 0.199 e. The Morgan fingerprint density at radius 2 is 2.38 bits per heavy atom. The van der Waals surface area contributed by atoms with E-state index in [-0.39, 0.29) is 0 Å². The number of hydrogen-bond acceptors (Lipinski definition) is 6. The lowest BCUT2D eigenvalue weighted by Crippen LogP contribution is -2.37. The summed E-state index contributed by atoms with van der Waals surface area (Å²) < 4.78 is 0. The minimum atomic E-state index is -0.474. The second kappa shape index (κ2) is 10.2. The van der Waals surface area contributed by atoms with Gasteiger partial charge < -0.3 is 5.41 Å². The molecule has 0 radical (unpaired) electrons. The fourth-order valence-corrected chi connectivity index (χ4v) is 2.03. The van der Waals surface area contributed by atoms with Gasteiger partial charge in [0.15, 0.2) is 12.0 Å². The Kier molecular flexibility index (Phi) is 8.23. The standard InChI is InChI=1S/C18H25N5O/c1-6-9-11-15(12-10-7-2)16(13-14(4)19)21-18-17(20-8-3)22-24-23(18)5/h3,6,10-12,18-19H,1,7,9,13H2,2,4-5H3,(H,20,22)/b12-10-,15-11+,19-14?,21-16+. The number of terminal acetylenes is 1. The molecule has 24 heavy (non-hydrogen) atoms. The van der Waals surface area contributed by atoms with E-state index in [1.165, 1.54) is 5.06 Å². The third-order valence-corrected chi connectivity index (χ3v) is 3.14. The monoisotopic (exact) mass is 327 g/mol. The molecule has 0 saturated carbocycles. The minimum absolute atomic E-state index is 0.435. The Morgan fingerprint density at radius 1 is 1.62 bits per heavy atom. The lowest BCUT2D eigenvalue weighted by molar-refractivity contribution is -0.129. The first-order valence-corrected chi connectivity index (χ1v) is 7.81. The quantitative estimate of drug-likeness (QED) is 0.237. The number of aliphatic imine (C=N–C) groups is 1. The van der Waals surface area contributed by atoms with Crippen molar-refractivity contribution in [2.45, 2.75) is 39.3 Å². The second-order valence-electron chi connectivity index (χ2n) is 5.27. The van der Waals surface area contributed by atoms with Crippen molar-refractivity contribution in [1.29, 1.82) is 5.41 Å². The maximum Gasteiger partial charge on any atom is 0.199 e. The molecule has 1 heterocycles. The van der Waals surface area contributed by atoms with Gasteiger partial charge in [-0.25, -0.2) is 0 Å². The number of nitrogens with zero attached hydrogens (tertiary/aromatic N) is 3. The highest BCUT2D eigenvalue weighted by Gasteiger charge is 2.29. The van der Waals surface area contributed by atoms with E-state index in [9.17, 15) is 0 Å². The maximum atomic E-state index is 7.85. The topological polar surface area (TPSA) is 73.1 Å². The highest BCUT2D eigenvalue weighted by atomic mass is 16.8. The van der Waals surface area contributed by atoms with Gasteiger partial charge in [-0.2, -0.15) is 0 Å². The maximum absolute atomic E-state index is 7.85. The van der Waals surface area contributed by atoms with Gasteiger partial charge in [0, 0.05) is 30.9 Å². The van der Waals surface area contributed by atoms with Gasteiger partial charge in [0.2, 0.25) is 0 Å². The molecule has 2 N–H and O–H groups in total. The van der Waals surface area contributed by atoms with Crippen molar-refractivity contribution in [3.05, 3.63) is 36.5 Å². The van der Waals surface area contributed by atoms with E-state index in [2.05, 4.69) is 36.1 Å². The van der Waals surface area contributed by atoms with Crippen LogP contribution < -0.4 is 5.32 Å². The van der Waals surface area contributed by atoms with Crippen LogP contribution in [0.25, 0.3) is 0 Å². The van der Waals surface area contributed by atoms with E-state index in [4.69, 9.17) is 21.8 Å². The molecule has 128 valence electrons. The summed E-state index contributed by atoms with van der Waals surface area (Å²) in [6.07, 6.45) is 14.8. The Morgan fingerprint density at radius 3 is 2.96 bits per heavy atom. The average Bonchev–Trinajstić information content (AvgIpc) is 2.87. The number of hydrogen-bond donors (Lipinski definition) is 2. The molecule has 1 aliphatic rings. The molecule has 1 unspecified atom stereocenters. The predicted octanol–water partition coefficient (Wildman–Crippen LogP) is 3.02. The van der Waals surface area contributed by atoms with Gasteiger partial charge in [-0.3, -0.25) is 15.2 Å². The Labute approximate surface area is 144 Å². The minimum Gasteiger partial charge on any atom is -0.310 e. The summed E-state index contributed by atoms with van der Waals surface area (Å²) in [7, 11) is 1.73. The van der Waals surface area contributed by atoms with E-state index >= 15 is 0 Å². The van der Waals surface area contributed by atoms with Crippen LogP contribution in [0, 0.1) is 17.9 Å². The lowest BCUT2D eigenvalue weighted by Gasteiger charge is -2.16. The molecule has 0 aromatic carbocycles. The van der Waals surface area contributed by atoms with Crippen molar-refractivity contribution in [2.24, 2.45) is 10.1 Å². The van der Waals surface area contributed by atoms with E-state index in [1.54, 1.807) is 14.0 Å². The first kappa shape index (κ1) is 19.4. The summed E-state index contributed by atoms with van der Waals surface area (Å²) in [6.45, 7) is 7.58. The summed E-state index contributed by atoms with van der Waals surface area (Å²) in [5, 5.41) is 15.9. The summed E-state index contributed by atoms with van der Waals surface area (Å²) in [4.78, 5) is 9.86. The van der Waals surface area contributed by atoms with E-state index < -0.39 is 6.17 Å². The van der Waals surface area contributed by atoms with Crippen molar-refractivity contribution in [3.8, 4) is 12.5 Å². The molecule has 0 spiro atoms. The van der Waals surface area contributed by atoms with Gasteiger partial charge in [-0.1, -0.05) is 42.7 Å². The zero-order chi connectivity index (χ0) is 17.9. The van der Waals surface area contributed by atoms with Crippen molar-refractivity contribution in [3.63, 3.8) is 0 Å². The summed E-state index contributed by atoms with van der Waals surface area (Å²) in [6, 6.07) is 2.33. The van der Waals surface area contributed by atoms with Crippen LogP contribution in [-0.4, -0.2) is 35.5 Å². The van der Waals surface area contributed by atoms with Crippen molar-refractivity contribution >= 4 is 17.3 Å². The molecule has 0 amide bonds. The highest BCUT2D eigenvalue weighted by Crippen LogP contribution is 2.15. The molecule has 0 aliphatic carbocycles. The number of allylic oxidation sites excluding steroid dienone is 5. The van der Waals surface area contributed by atoms with Gasteiger partial charge in [0.25, 0.3) is 0 Å². The van der Waals surface area contributed by atoms with Crippen molar-refractivity contribution < 1.29 is 4.94 Å². The van der Waals surface area contributed by atoms with Gasteiger partial charge in [-0.05, 0) is 30.5 Å². The third kappa shape index (κ3) is 5.86. The molecule has 6 nitrogen and oxygen atoms in total. The normalized spacial score (nSPS) is 18.9. The Hall–Kier alpha value is -2.65. The average molecular weight is 327 g/mol. The Bertz CT molecular complexity index is 622.